The standard InChI is InChI=1S/C20H22N2O4/c1-21-18(23)11-10-17(20(21)25)22-13-16-14(7-4-3-5-12-26-2)8-6-9-15(16)19(22)24/h6,8-9,17H,3,5,10-13H2,1-2H3. The molecule has 0 N–H and O–H groups in total. The lowest BCUT2D eigenvalue weighted by Crippen LogP contribution is -2.53. The Hall–Kier alpha value is -2.65. The second kappa shape index (κ2) is 7.71. The van der Waals surface area contributed by atoms with E-state index in [9.17, 15) is 14.4 Å². The lowest BCUT2D eigenvalue weighted by Gasteiger charge is -2.33. The number of carbonyl (C=O) groups is 3. The number of amides is 3. The Kier molecular flexibility index (Phi) is 5.38. The molecule has 0 bridgehead atoms. The van der Waals surface area contributed by atoms with E-state index in [-0.39, 0.29) is 24.1 Å². The van der Waals surface area contributed by atoms with Crippen LogP contribution < -0.4 is 0 Å². The van der Waals surface area contributed by atoms with E-state index in [2.05, 4.69) is 11.8 Å². The highest BCUT2D eigenvalue weighted by molar-refractivity contribution is 6.05. The Bertz CT molecular complexity index is 806. The van der Waals surface area contributed by atoms with Gasteiger partial charge in [0.1, 0.15) is 6.04 Å². The number of likely N-dealkylation sites (tertiary alicyclic amines) is 1. The van der Waals surface area contributed by atoms with Crippen molar-refractivity contribution in [1.82, 2.24) is 9.80 Å². The summed E-state index contributed by atoms with van der Waals surface area (Å²) in [4.78, 5) is 39.6. The Morgan fingerprint density at radius 3 is 2.85 bits per heavy atom. The third-order valence-corrected chi connectivity index (χ3v) is 4.87. The van der Waals surface area contributed by atoms with Gasteiger partial charge in [0, 0.05) is 51.3 Å². The van der Waals surface area contributed by atoms with E-state index in [4.69, 9.17) is 4.74 Å². The van der Waals surface area contributed by atoms with Crippen molar-refractivity contribution in [3.05, 3.63) is 34.9 Å². The molecule has 2 heterocycles. The number of imide groups is 1. The van der Waals surface area contributed by atoms with Crippen molar-refractivity contribution < 1.29 is 19.1 Å². The van der Waals surface area contributed by atoms with Crippen molar-refractivity contribution in [2.24, 2.45) is 0 Å². The van der Waals surface area contributed by atoms with Crippen molar-refractivity contribution in [2.45, 2.75) is 38.3 Å². The van der Waals surface area contributed by atoms with Crippen LogP contribution in [0, 0.1) is 11.8 Å². The molecule has 0 radical (unpaired) electrons. The number of carbonyl (C=O) groups excluding carboxylic acids is 3. The molecule has 1 aromatic rings. The van der Waals surface area contributed by atoms with Crippen LogP contribution >= 0.6 is 0 Å². The highest BCUT2D eigenvalue weighted by Crippen LogP contribution is 2.30. The maximum absolute atomic E-state index is 12.8. The third kappa shape index (κ3) is 3.35. The van der Waals surface area contributed by atoms with Crippen molar-refractivity contribution in [3.63, 3.8) is 0 Å². The van der Waals surface area contributed by atoms with Crippen LogP contribution in [-0.2, 0) is 20.9 Å². The van der Waals surface area contributed by atoms with Gasteiger partial charge in [0.05, 0.1) is 0 Å². The molecule has 3 rings (SSSR count). The van der Waals surface area contributed by atoms with E-state index in [1.54, 1.807) is 18.1 Å². The minimum Gasteiger partial charge on any atom is -0.385 e. The number of unbranched alkanes of at least 4 members (excludes halogenated alkanes) is 1. The molecule has 136 valence electrons. The normalized spacial score (nSPS) is 19.5. The fraction of sp³-hybridized carbons (Fsp3) is 0.450. The molecule has 0 saturated carbocycles. The maximum atomic E-state index is 12.8. The highest BCUT2D eigenvalue weighted by atomic mass is 16.5. The van der Waals surface area contributed by atoms with Gasteiger partial charge < -0.3 is 9.64 Å². The first-order valence-electron chi connectivity index (χ1n) is 8.75. The van der Waals surface area contributed by atoms with E-state index in [0.29, 0.717) is 25.1 Å². The van der Waals surface area contributed by atoms with Crippen LogP contribution in [0.3, 0.4) is 0 Å². The molecule has 6 nitrogen and oxygen atoms in total. The molecule has 1 fully saturated rings. The lowest BCUT2D eigenvalue weighted by atomic mass is 10.0. The first-order chi connectivity index (χ1) is 12.5. The van der Waals surface area contributed by atoms with E-state index in [1.165, 1.54) is 7.05 Å². The molecule has 6 heteroatoms. The van der Waals surface area contributed by atoms with Gasteiger partial charge in [-0.2, -0.15) is 0 Å². The maximum Gasteiger partial charge on any atom is 0.255 e. The van der Waals surface area contributed by atoms with E-state index < -0.39 is 6.04 Å². The number of rotatable bonds is 4. The first kappa shape index (κ1) is 18.2. The number of ether oxygens (including phenoxy) is 1. The van der Waals surface area contributed by atoms with Crippen molar-refractivity contribution in [3.8, 4) is 11.8 Å². The monoisotopic (exact) mass is 354 g/mol. The molecule has 0 spiro atoms. The number of benzene rings is 1. The average molecular weight is 354 g/mol. The fourth-order valence-electron chi connectivity index (χ4n) is 3.37. The average Bonchev–Trinajstić information content (AvgIpc) is 2.97. The SMILES string of the molecule is COCCCC#Cc1cccc2c1CN(C1CCC(=O)N(C)C1=O)C2=O. The van der Waals surface area contributed by atoms with Gasteiger partial charge in [-0.25, -0.2) is 0 Å². The minimum atomic E-state index is -0.583. The number of likely N-dealkylation sites (N-methyl/N-ethyl adjacent to an activating group) is 1. The number of nitrogens with zero attached hydrogens (tertiary/aromatic N) is 2. The molecule has 3 amide bonds. The zero-order valence-corrected chi connectivity index (χ0v) is 15.1. The Balaban J connectivity index is 1.80. The van der Waals surface area contributed by atoms with Gasteiger partial charge in [-0.3, -0.25) is 19.3 Å². The molecule has 0 aliphatic carbocycles. The Morgan fingerprint density at radius 1 is 1.27 bits per heavy atom. The molecule has 2 aliphatic rings. The van der Waals surface area contributed by atoms with E-state index in [1.807, 2.05) is 12.1 Å². The predicted octanol–water partition coefficient (Wildman–Crippen LogP) is 1.57. The summed E-state index contributed by atoms with van der Waals surface area (Å²) < 4.78 is 5.01. The zero-order chi connectivity index (χ0) is 18.7. The second-order valence-electron chi connectivity index (χ2n) is 6.51. The molecular weight excluding hydrogens is 332 g/mol. The second-order valence-corrected chi connectivity index (χ2v) is 6.51. The highest BCUT2D eigenvalue weighted by Gasteiger charge is 2.41. The topological polar surface area (TPSA) is 66.9 Å². The number of hydrogen-bond acceptors (Lipinski definition) is 4. The molecule has 1 aromatic carbocycles. The van der Waals surface area contributed by atoms with Gasteiger partial charge in [-0.1, -0.05) is 17.9 Å². The number of hydrogen-bond donors (Lipinski definition) is 0. The molecule has 1 unspecified atom stereocenters. The summed E-state index contributed by atoms with van der Waals surface area (Å²) in [5.41, 5.74) is 2.29. The molecule has 1 saturated heterocycles. The summed E-state index contributed by atoms with van der Waals surface area (Å²) in [7, 11) is 3.14. The summed E-state index contributed by atoms with van der Waals surface area (Å²) in [6.07, 6.45) is 2.24. The van der Waals surface area contributed by atoms with Gasteiger partial charge in [0.2, 0.25) is 5.91 Å². The third-order valence-electron chi connectivity index (χ3n) is 4.87. The van der Waals surface area contributed by atoms with Crippen LogP contribution in [0.1, 0.15) is 47.2 Å². The number of methoxy groups -OCH3 is 1. The summed E-state index contributed by atoms with van der Waals surface area (Å²) in [6.45, 7) is 1.03. The largest absolute Gasteiger partial charge is 0.385 e. The van der Waals surface area contributed by atoms with Crippen molar-refractivity contribution >= 4 is 17.7 Å². The van der Waals surface area contributed by atoms with Crippen LogP contribution in [0.4, 0.5) is 0 Å². The first-order valence-corrected chi connectivity index (χ1v) is 8.75. The van der Waals surface area contributed by atoms with Crippen molar-refractivity contribution in [1.29, 1.82) is 0 Å². The predicted molar refractivity (Wildman–Crippen MR) is 95.1 cm³/mol. The van der Waals surface area contributed by atoms with Gasteiger partial charge in [-0.15, -0.1) is 0 Å². The Labute approximate surface area is 153 Å². The lowest BCUT2D eigenvalue weighted by molar-refractivity contribution is -0.150. The van der Waals surface area contributed by atoms with Gasteiger partial charge in [-0.05, 0) is 30.5 Å². The molecule has 1 atom stereocenters. The summed E-state index contributed by atoms with van der Waals surface area (Å²) in [5.74, 6) is 5.59. The van der Waals surface area contributed by atoms with E-state index >= 15 is 0 Å². The number of fused-ring (bicyclic) bond motifs is 1. The van der Waals surface area contributed by atoms with Crippen LogP contribution in [0.2, 0.25) is 0 Å². The van der Waals surface area contributed by atoms with Crippen LogP contribution in [-0.4, -0.2) is 54.3 Å². The smallest absolute Gasteiger partial charge is 0.255 e. The van der Waals surface area contributed by atoms with Gasteiger partial charge in [0.25, 0.3) is 11.8 Å². The fourth-order valence-corrected chi connectivity index (χ4v) is 3.37. The van der Waals surface area contributed by atoms with Crippen LogP contribution in [0.5, 0.6) is 0 Å². The quantitative estimate of drug-likeness (QED) is 0.468. The van der Waals surface area contributed by atoms with Crippen molar-refractivity contribution in [2.75, 3.05) is 20.8 Å². The summed E-state index contributed by atoms with van der Waals surface area (Å²) in [6, 6.07) is 4.91. The van der Waals surface area contributed by atoms with E-state index in [0.717, 1.165) is 28.9 Å². The van der Waals surface area contributed by atoms with Crippen LogP contribution in [0.25, 0.3) is 0 Å². The summed E-state index contributed by atoms with van der Waals surface area (Å²) >= 11 is 0. The molecular formula is C20H22N2O4. The molecule has 0 aromatic heterocycles. The van der Waals surface area contributed by atoms with Crippen LogP contribution in [0.15, 0.2) is 18.2 Å². The molecule has 2 aliphatic heterocycles. The summed E-state index contributed by atoms with van der Waals surface area (Å²) in [5, 5.41) is 0. The van der Waals surface area contributed by atoms with Gasteiger partial charge >= 0.3 is 0 Å². The Morgan fingerprint density at radius 2 is 2.08 bits per heavy atom. The zero-order valence-electron chi connectivity index (χ0n) is 15.1. The molecule has 26 heavy (non-hydrogen) atoms. The van der Waals surface area contributed by atoms with Gasteiger partial charge in [0.15, 0.2) is 0 Å². The minimum absolute atomic E-state index is 0.163. The number of piperidine rings is 1.